The Balaban J connectivity index is 2.38. The zero-order chi connectivity index (χ0) is 18.6. The van der Waals surface area contributed by atoms with E-state index in [0.717, 1.165) is 5.69 Å². The first-order valence-corrected chi connectivity index (χ1v) is 8.22. The lowest BCUT2D eigenvalue weighted by Crippen LogP contribution is -2.19. The molecule has 0 amide bonds. The molecule has 0 aliphatic rings. The van der Waals surface area contributed by atoms with Crippen LogP contribution in [0.2, 0.25) is 0 Å². The van der Waals surface area contributed by atoms with Gasteiger partial charge in [0.1, 0.15) is 23.2 Å². The molecular weight excluding hydrogens is 321 g/mol. The van der Waals surface area contributed by atoms with Crippen LogP contribution in [0.5, 0.6) is 5.75 Å². The molecule has 0 aliphatic heterocycles. The van der Waals surface area contributed by atoms with Gasteiger partial charge in [0.05, 0.1) is 31.0 Å². The molecule has 0 saturated heterocycles. The van der Waals surface area contributed by atoms with Gasteiger partial charge in [-0.05, 0) is 19.1 Å². The number of halogens is 1. The predicted molar refractivity (Wildman–Crippen MR) is 96.4 cm³/mol. The van der Waals surface area contributed by atoms with Crippen molar-refractivity contribution >= 4 is 5.82 Å². The van der Waals surface area contributed by atoms with Crippen LogP contribution in [0.4, 0.5) is 10.2 Å². The van der Waals surface area contributed by atoms with Crippen LogP contribution in [0.15, 0.2) is 24.3 Å². The maximum atomic E-state index is 14.3. The predicted octanol–water partition coefficient (Wildman–Crippen LogP) is 4.24. The van der Waals surface area contributed by atoms with E-state index in [2.05, 4.69) is 15.3 Å². The number of hydrogen-bond acceptors (Lipinski definition) is 5. The van der Waals surface area contributed by atoms with E-state index in [1.54, 1.807) is 19.2 Å². The molecule has 1 atom stereocenters. The fraction of sp³-hybridized carbons (Fsp3) is 0.474. The van der Waals surface area contributed by atoms with Gasteiger partial charge < -0.3 is 14.8 Å². The van der Waals surface area contributed by atoms with E-state index < -0.39 is 0 Å². The van der Waals surface area contributed by atoms with Crippen molar-refractivity contribution in [1.82, 2.24) is 9.97 Å². The summed E-state index contributed by atoms with van der Waals surface area (Å²) >= 11 is 0. The number of anilines is 1. The third-order valence-corrected chi connectivity index (χ3v) is 3.77. The van der Waals surface area contributed by atoms with Crippen LogP contribution in [0.25, 0.3) is 0 Å². The second-order valence-electron chi connectivity index (χ2n) is 6.97. The van der Waals surface area contributed by atoms with Crippen molar-refractivity contribution in [2.24, 2.45) is 0 Å². The summed E-state index contributed by atoms with van der Waals surface area (Å²) in [6.07, 6.45) is 0. The highest BCUT2D eigenvalue weighted by molar-refractivity contribution is 5.44. The summed E-state index contributed by atoms with van der Waals surface area (Å²) in [5, 5.41) is 3.26. The molecule has 1 heterocycles. The summed E-state index contributed by atoms with van der Waals surface area (Å²) < 4.78 is 24.8. The Kier molecular flexibility index (Phi) is 5.95. The lowest BCUT2D eigenvalue weighted by atomic mass is 9.95. The number of methoxy groups -OCH3 is 2. The van der Waals surface area contributed by atoms with Crippen molar-refractivity contribution in [2.45, 2.75) is 45.8 Å². The van der Waals surface area contributed by atoms with E-state index in [-0.39, 0.29) is 17.3 Å². The molecule has 0 saturated carbocycles. The van der Waals surface area contributed by atoms with Gasteiger partial charge in [0.25, 0.3) is 0 Å². The average Bonchev–Trinajstić information content (AvgIpc) is 2.53. The molecule has 1 unspecified atom stereocenters. The monoisotopic (exact) mass is 347 g/mol. The molecule has 5 nitrogen and oxygen atoms in total. The van der Waals surface area contributed by atoms with Crippen molar-refractivity contribution in [3.05, 3.63) is 47.2 Å². The summed E-state index contributed by atoms with van der Waals surface area (Å²) in [6, 6.07) is 6.29. The Morgan fingerprint density at radius 1 is 1.20 bits per heavy atom. The zero-order valence-electron chi connectivity index (χ0n) is 15.7. The maximum absolute atomic E-state index is 14.3. The molecule has 1 aromatic heterocycles. The van der Waals surface area contributed by atoms with Crippen LogP contribution in [0.1, 0.15) is 50.8 Å². The van der Waals surface area contributed by atoms with E-state index in [4.69, 9.17) is 9.47 Å². The fourth-order valence-corrected chi connectivity index (χ4v) is 2.54. The lowest BCUT2D eigenvalue weighted by molar-refractivity contribution is 0.181. The number of ether oxygens (including phenoxy) is 2. The summed E-state index contributed by atoms with van der Waals surface area (Å²) in [6.45, 7) is 8.40. The van der Waals surface area contributed by atoms with Crippen molar-refractivity contribution < 1.29 is 13.9 Å². The first kappa shape index (κ1) is 19.1. The third-order valence-electron chi connectivity index (χ3n) is 3.77. The summed E-state index contributed by atoms with van der Waals surface area (Å²) in [7, 11) is 3.16. The van der Waals surface area contributed by atoms with Gasteiger partial charge in [-0.2, -0.15) is 0 Å². The van der Waals surface area contributed by atoms with E-state index in [1.807, 2.05) is 33.8 Å². The van der Waals surface area contributed by atoms with Gasteiger partial charge in [-0.25, -0.2) is 14.4 Å². The quantitative estimate of drug-likeness (QED) is 0.847. The average molecular weight is 347 g/mol. The Morgan fingerprint density at radius 3 is 2.52 bits per heavy atom. The van der Waals surface area contributed by atoms with Gasteiger partial charge in [-0.3, -0.25) is 0 Å². The molecule has 6 heteroatoms. The largest absolute Gasteiger partial charge is 0.496 e. The van der Waals surface area contributed by atoms with E-state index in [0.29, 0.717) is 29.6 Å². The highest BCUT2D eigenvalue weighted by atomic mass is 19.1. The lowest BCUT2D eigenvalue weighted by Gasteiger charge is -2.22. The minimum atomic E-state index is -0.325. The van der Waals surface area contributed by atoms with Crippen molar-refractivity contribution in [2.75, 3.05) is 19.5 Å². The first-order valence-electron chi connectivity index (χ1n) is 8.22. The van der Waals surface area contributed by atoms with Gasteiger partial charge in [-0.15, -0.1) is 0 Å². The highest BCUT2D eigenvalue weighted by Crippen LogP contribution is 2.30. The maximum Gasteiger partial charge on any atom is 0.136 e. The number of aromatic nitrogens is 2. The number of nitrogens with zero attached hydrogens (tertiary/aromatic N) is 2. The normalized spacial score (nSPS) is 12.8. The number of nitrogens with one attached hydrogen (secondary N) is 1. The molecule has 0 bridgehead atoms. The van der Waals surface area contributed by atoms with E-state index in [1.165, 1.54) is 13.2 Å². The number of hydrogen-bond donors (Lipinski definition) is 1. The standard InChI is InChI=1S/C19H26FN3O2/c1-12(17-14(20)8-7-9-15(17)25-6)21-16-10-13(11-24-5)22-18(23-16)19(2,3)4/h7-10,12H,11H2,1-6H3,(H,21,22,23). The molecule has 1 N–H and O–H groups in total. The van der Waals surface area contributed by atoms with Gasteiger partial charge >= 0.3 is 0 Å². The molecule has 2 rings (SSSR count). The van der Waals surface area contributed by atoms with Crippen LogP contribution in [0.3, 0.4) is 0 Å². The molecule has 2 aromatic rings. The number of benzene rings is 1. The summed E-state index contributed by atoms with van der Waals surface area (Å²) in [5.74, 6) is 1.52. The molecular formula is C19H26FN3O2. The van der Waals surface area contributed by atoms with Crippen molar-refractivity contribution in [3.63, 3.8) is 0 Å². The van der Waals surface area contributed by atoms with E-state index in [9.17, 15) is 4.39 Å². The minimum Gasteiger partial charge on any atom is -0.496 e. The van der Waals surface area contributed by atoms with Crippen LogP contribution >= 0.6 is 0 Å². The van der Waals surface area contributed by atoms with Gasteiger partial charge in [0.15, 0.2) is 0 Å². The van der Waals surface area contributed by atoms with E-state index >= 15 is 0 Å². The molecule has 0 fully saturated rings. The van der Waals surface area contributed by atoms with Crippen LogP contribution < -0.4 is 10.1 Å². The van der Waals surface area contributed by atoms with Crippen molar-refractivity contribution in [1.29, 1.82) is 0 Å². The fourth-order valence-electron chi connectivity index (χ4n) is 2.54. The number of rotatable bonds is 6. The molecule has 25 heavy (non-hydrogen) atoms. The SMILES string of the molecule is COCc1cc(NC(C)c2c(F)cccc2OC)nc(C(C)(C)C)n1. The molecule has 1 aromatic carbocycles. The Morgan fingerprint density at radius 2 is 1.92 bits per heavy atom. The van der Waals surface area contributed by atoms with Crippen molar-refractivity contribution in [3.8, 4) is 5.75 Å². The van der Waals surface area contributed by atoms with Crippen LogP contribution in [-0.2, 0) is 16.8 Å². The summed E-state index contributed by atoms with van der Waals surface area (Å²) in [4.78, 5) is 9.15. The van der Waals surface area contributed by atoms with Gasteiger partial charge in [0.2, 0.25) is 0 Å². The second kappa shape index (κ2) is 7.78. The topological polar surface area (TPSA) is 56.3 Å². The smallest absolute Gasteiger partial charge is 0.136 e. The molecule has 136 valence electrons. The zero-order valence-corrected chi connectivity index (χ0v) is 15.7. The van der Waals surface area contributed by atoms with Crippen LogP contribution in [0, 0.1) is 5.82 Å². The Labute approximate surface area is 148 Å². The van der Waals surface area contributed by atoms with Gasteiger partial charge in [0, 0.05) is 18.6 Å². The molecule has 0 spiro atoms. The van der Waals surface area contributed by atoms with Crippen LogP contribution in [-0.4, -0.2) is 24.2 Å². The third kappa shape index (κ3) is 4.66. The highest BCUT2D eigenvalue weighted by Gasteiger charge is 2.21. The molecule has 0 aliphatic carbocycles. The molecule has 0 radical (unpaired) electrons. The van der Waals surface area contributed by atoms with Gasteiger partial charge in [-0.1, -0.05) is 26.8 Å². The Bertz CT molecular complexity index is 729. The Hall–Kier alpha value is -2.21. The second-order valence-corrected chi connectivity index (χ2v) is 6.97. The summed E-state index contributed by atoms with van der Waals surface area (Å²) in [5.41, 5.74) is 1.03. The minimum absolute atomic E-state index is 0.209. The first-order chi connectivity index (χ1) is 11.8.